The molecule has 0 spiro atoms. The number of hydrogen-bond acceptors (Lipinski definition) is 4. The van der Waals surface area contributed by atoms with Gasteiger partial charge in [-0.15, -0.1) is 0 Å². The van der Waals surface area contributed by atoms with Crippen LogP contribution in [0.1, 0.15) is 12.5 Å². The van der Waals surface area contributed by atoms with Crippen molar-refractivity contribution in [3.05, 3.63) is 34.6 Å². The third-order valence-corrected chi connectivity index (χ3v) is 4.70. The van der Waals surface area contributed by atoms with Crippen LogP contribution in [-0.2, 0) is 25.1 Å². The minimum Gasteiger partial charge on any atom is -0.469 e. The molecule has 0 fully saturated rings. The Hall–Kier alpha value is -1.14. The van der Waals surface area contributed by atoms with E-state index in [9.17, 15) is 17.6 Å². The quantitative estimate of drug-likeness (QED) is 0.782. The van der Waals surface area contributed by atoms with Crippen LogP contribution >= 0.6 is 11.6 Å². The zero-order valence-corrected chi connectivity index (χ0v) is 12.1. The summed E-state index contributed by atoms with van der Waals surface area (Å²) >= 11 is 5.69. The van der Waals surface area contributed by atoms with Crippen LogP contribution in [-0.4, -0.2) is 27.2 Å². The van der Waals surface area contributed by atoms with Gasteiger partial charge in [0.05, 0.1) is 29.6 Å². The van der Waals surface area contributed by atoms with Crippen LogP contribution in [0.3, 0.4) is 0 Å². The van der Waals surface area contributed by atoms with Gasteiger partial charge in [-0.2, -0.15) is 0 Å². The standard InChI is InChI=1S/C12H14ClFO4S/c1-8(12(15)18-2)6-19(16,17)7-9-4-3-5-10(14)11(9)13/h3-5,8H,6-7H2,1-2H3. The molecule has 106 valence electrons. The van der Waals surface area contributed by atoms with Crippen molar-refractivity contribution in [1.29, 1.82) is 0 Å². The van der Waals surface area contributed by atoms with E-state index in [0.717, 1.165) is 6.07 Å². The molecule has 0 aliphatic heterocycles. The minimum absolute atomic E-state index is 0.179. The third kappa shape index (κ3) is 4.47. The van der Waals surface area contributed by atoms with Crippen LogP contribution < -0.4 is 0 Å². The van der Waals surface area contributed by atoms with E-state index in [1.165, 1.54) is 26.2 Å². The first-order chi connectivity index (χ1) is 8.76. The van der Waals surface area contributed by atoms with Gasteiger partial charge < -0.3 is 4.74 Å². The molecule has 0 aliphatic carbocycles. The van der Waals surface area contributed by atoms with Crippen molar-refractivity contribution < 1.29 is 22.3 Å². The Morgan fingerprint density at radius 2 is 2.11 bits per heavy atom. The first-order valence-electron chi connectivity index (χ1n) is 5.48. The van der Waals surface area contributed by atoms with Gasteiger partial charge in [-0.05, 0) is 11.6 Å². The van der Waals surface area contributed by atoms with E-state index in [-0.39, 0.29) is 16.3 Å². The summed E-state index contributed by atoms with van der Waals surface area (Å²) in [4.78, 5) is 11.2. The van der Waals surface area contributed by atoms with Gasteiger partial charge in [-0.1, -0.05) is 30.7 Å². The summed E-state index contributed by atoms with van der Waals surface area (Å²) in [5.74, 6) is -2.83. The Morgan fingerprint density at radius 1 is 1.47 bits per heavy atom. The number of esters is 1. The Bertz CT molecular complexity index is 571. The number of rotatable bonds is 5. The molecule has 19 heavy (non-hydrogen) atoms. The molecule has 0 radical (unpaired) electrons. The summed E-state index contributed by atoms with van der Waals surface area (Å²) in [5, 5.41) is -0.211. The van der Waals surface area contributed by atoms with Crippen LogP contribution in [0.5, 0.6) is 0 Å². The van der Waals surface area contributed by atoms with Gasteiger partial charge >= 0.3 is 5.97 Å². The molecular weight excluding hydrogens is 295 g/mol. The average molecular weight is 309 g/mol. The Morgan fingerprint density at radius 3 is 2.68 bits per heavy atom. The van der Waals surface area contributed by atoms with E-state index in [0.29, 0.717) is 0 Å². The lowest BCUT2D eigenvalue weighted by atomic mass is 10.2. The van der Waals surface area contributed by atoms with Crippen molar-refractivity contribution in [2.24, 2.45) is 5.92 Å². The lowest BCUT2D eigenvalue weighted by molar-refractivity contribution is -0.144. The Balaban J connectivity index is 2.86. The number of carbonyl (C=O) groups is 1. The summed E-state index contributed by atoms with van der Waals surface area (Å²) in [6.07, 6.45) is 0. The van der Waals surface area contributed by atoms with Crippen molar-refractivity contribution in [1.82, 2.24) is 0 Å². The van der Waals surface area contributed by atoms with Crippen LogP contribution in [0.4, 0.5) is 4.39 Å². The lowest BCUT2D eigenvalue weighted by Crippen LogP contribution is -2.23. The predicted molar refractivity (Wildman–Crippen MR) is 70.1 cm³/mol. The molecule has 4 nitrogen and oxygen atoms in total. The number of hydrogen-bond donors (Lipinski definition) is 0. The summed E-state index contributed by atoms with van der Waals surface area (Å²) in [5.41, 5.74) is 0.179. The molecule has 0 heterocycles. The number of methoxy groups -OCH3 is 1. The van der Waals surface area contributed by atoms with Crippen LogP contribution in [0, 0.1) is 11.7 Å². The monoisotopic (exact) mass is 308 g/mol. The van der Waals surface area contributed by atoms with E-state index in [2.05, 4.69) is 4.74 Å². The summed E-state index contributed by atoms with van der Waals surface area (Å²) in [6, 6.07) is 3.97. The van der Waals surface area contributed by atoms with E-state index < -0.39 is 33.3 Å². The molecule has 1 rings (SSSR count). The maximum atomic E-state index is 13.2. The van der Waals surface area contributed by atoms with Crippen molar-refractivity contribution in [2.75, 3.05) is 12.9 Å². The largest absolute Gasteiger partial charge is 0.469 e. The van der Waals surface area contributed by atoms with Gasteiger partial charge in [-0.25, -0.2) is 12.8 Å². The average Bonchev–Trinajstić information content (AvgIpc) is 2.33. The zero-order valence-electron chi connectivity index (χ0n) is 10.5. The number of ether oxygens (including phenoxy) is 1. The fourth-order valence-electron chi connectivity index (χ4n) is 1.61. The third-order valence-electron chi connectivity index (χ3n) is 2.51. The number of carbonyl (C=O) groups excluding carboxylic acids is 1. The van der Waals surface area contributed by atoms with Crippen LogP contribution in [0.25, 0.3) is 0 Å². The number of halogens is 2. The SMILES string of the molecule is COC(=O)C(C)CS(=O)(=O)Cc1cccc(F)c1Cl. The van der Waals surface area contributed by atoms with E-state index in [4.69, 9.17) is 11.6 Å². The molecule has 0 saturated carbocycles. The highest BCUT2D eigenvalue weighted by molar-refractivity contribution is 7.90. The Kier molecular flexibility index (Phi) is 5.31. The Labute approximate surface area is 116 Å². The van der Waals surface area contributed by atoms with E-state index >= 15 is 0 Å². The lowest BCUT2D eigenvalue weighted by Gasteiger charge is -2.10. The second-order valence-corrected chi connectivity index (χ2v) is 6.68. The molecule has 0 amide bonds. The van der Waals surface area contributed by atoms with Gasteiger partial charge in [0.25, 0.3) is 0 Å². The molecule has 0 N–H and O–H groups in total. The fraction of sp³-hybridized carbons (Fsp3) is 0.417. The first kappa shape index (κ1) is 15.9. The topological polar surface area (TPSA) is 60.4 Å². The molecule has 1 unspecified atom stereocenters. The van der Waals surface area contributed by atoms with Gasteiger partial charge in [0.15, 0.2) is 9.84 Å². The molecule has 7 heteroatoms. The minimum atomic E-state index is -3.58. The predicted octanol–water partition coefficient (Wildman–Crippen LogP) is 2.20. The van der Waals surface area contributed by atoms with Crippen LogP contribution in [0.2, 0.25) is 5.02 Å². The van der Waals surface area contributed by atoms with Crippen molar-refractivity contribution >= 4 is 27.4 Å². The molecule has 1 aromatic rings. The second kappa shape index (κ2) is 6.34. The molecular formula is C12H14ClFO4S. The summed E-state index contributed by atoms with van der Waals surface area (Å²) in [6.45, 7) is 1.45. The molecule has 0 bridgehead atoms. The van der Waals surface area contributed by atoms with Gasteiger partial charge in [0, 0.05) is 0 Å². The van der Waals surface area contributed by atoms with Crippen molar-refractivity contribution in [3.8, 4) is 0 Å². The van der Waals surface area contributed by atoms with E-state index in [1.807, 2.05) is 0 Å². The molecule has 0 saturated heterocycles. The number of benzene rings is 1. The highest BCUT2D eigenvalue weighted by atomic mass is 35.5. The van der Waals surface area contributed by atoms with Gasteiger partial charge in [0.1, 0.15) is 5.82 Å². The molecule has 1 aromatic carbocycles. The zero-order chi connectivity index (χ0) is 14.6. The highest BCUT2D eigenvalue weighted by Gasteiger charge is 2.23. The summed E-state index contributed by atoms with van der Waals surface area (Å²) < 4.78 is 41.5. The highest BCUT2D eigenvalue weighted by Crippen LogP contribution is 2.22. The fourth-order valence-corrected chi connectivity index (χ4v) is 3.61. The van der Waals surface area contributed by atoms with Crippen molar-refractivity contribution in [3.63, 3.8) is 0 Å². The first-order valence-corrected chi connectivity index (χ1v) is 7.68. The van der Waals surface area contributed by atoms with E-state index in [1.54, 1.807) is 0 Å². The molecule has 0 aromatic heterocycles. The summed E-state index contributed by atoms with van der Waals surface area (Å²) in [7, 11) is -2.39. The van der Waals surface area contributed by atoms with Crippen molar-refractivity contribution in [2.45, 2.75) is 12.7 Å². The molecule has 0 aliphatic rings. The maximum absolute atomic E-state index is 13.2. The second-order valence-electron chi connectivity index (χ2n) is 4.19. The number of sulfone groups is 1. The molecule has 1 atom stereocenters. The maximum Gasteiger partial charge on any atom is 0.309 e. The van der Waals surface area contributed by atoms with Gasteiger partial charge in [0.2, 0.25) is 0 Å². The smallest absolute Gasteiger partial charge is 0.309 e. The normalized spacial score (nSPS) is 13.1. The van der Waals surface area contributed by atoms with Gasteiger partial charge in [-0.3, -0.25) is 4.79 Å². The van der Waals surface area contributed by atoms with Crippen LogP contribution in [0.15, 0.2) is 18.2 Å².